The third-order valence-electron chi connectivity index (χ3n) is 4.70. The van der Waals surface area contributed by atoms with Crippen LogP contribution in [0.4, 0.5) is 0 Å². The molecule has 0 aromatic carbocycles. The summed E-state index contributed by atoms with van der Waals surface area (Å²) in [5.41, 5.74) is 0.892. The molecule has 6 nitrogen and oxygen atoms in total. The zero-order chi connectivity index (χ0) is 15.0. The summed E-state index contributed by atoms with van der Waals surface area (Å²) < 4.78 is 0. The number of aliphatic hydroxyl groups excluding tert-OH is 2. The molecule has 0 aromatic heterocycles. The molecule has 4 atom stereocenters. The van der Waals surface area contributed by atoms with Gasteiger partial charge in [-0.3, -0.25) is 9.59 Å². The average Bonchev–Trinajstić information content (AvgIpc) is 2.83. The number of carbonyl (C=O) groups is 2. The fourth-order valence-corrected chi connectivity index (χ4v) is 7.12. The van der Waals surface area contributed by atoms with E-state index in [0.29, 0.717) is 6.42 Å². The van der Waals surface area contributed by atoms with Gasteiger partial charge in [0.1, 0.15) is 0 Å². The Morgan fingerprint density at radius 2 is 2.14 bits per heavy atom. The molecule has 5 aliphatic rings. The van der Waals surface area contributed by atoms with Gasteiger partial charge in [-0.05, 0) is 16.4 Å². The van der Waals surface area contributed by atoms with Gasteiger partial charge in [0.15, 0.2) is 4.87 Å². The Hall–Kier alpha value is -0.960. The molecular formula is C13H14N2O4S2. The van der Waals surface area contributed by atoms with Crippen LogP contribution in [0.25, 0.3) is 0 Å². The molecule has 2 bridgehead atoms. The normalized spacial score (nSPS) is 44.0. The molecule has 0 aromatic rings. The molecule has 2 amide bonds. The lowest BCUT2D eigenvalue weighted by molar-refractivity contribution is -0.168. The number of nitrogens with zero attached hydrogens (tertiary/aromatic N) is 2. The van der Waals surface area contributed by atoms with Crippen molar-refractivity contribution < 1.29 is 19.8 Å². The number of rotatable bonds is 1. The summed E-state index contributed by atoms with van der Waals surface area (Å²) in [6.45, 7) is -0.435. The highest BCUT2D eigenvalue weighted by Crippen LogP contribution is 2.64. The minimum atomic E-state index is -1.28. The van der Waals surface area contributed by atoms with Crippen molar-refractivity contribution in [3.63, 3.8) is 0 Å². The number of allylic oxidation sites excluding steroid dienone is 2. The zero-order valence-electron chi connectivity index (χ0n) is 11.2. The van der Waals surface area contributed by atoms with Gasteiger partial charge in [0.25, 0.3) is 11.8 Å². The summed E-state index contributed by atoms with van der Waals surface area (Å²) in [7, 11) is 4.14. The van der Waals surface area contributed by atoms with Gasteiger partial charge in [0.2, 0.25) is 4.87 Å². The molecular weight excluding hydrogens is 312 g/mol. The highest BCUT2D eigenvalue weighted by atomic mass is 33.1. The van der Waals surface area contributed by atoms with Crippen LogP contribution in [0.15, 0.2) is 23.8 Å². The van der Waals surface area contributed by atoms with Crippen molar-refractivity contribution in [1.82, 2.24) is 9.80 Å². The van der Waals surface area contributed by atoms with E-state index in [2.05, 4.69) is 0 Å². The van der Waals surface area contributed by atoms with Crippen molar-refractivity contribution in [3.8, 4) is 0 Å². The Labute approximate surface area is 129 Å². The highest BCUT2D eigenvalue weighted by Gasteiger charge is 2.73. The molecule has 21 heavy (non-hydrogen) atoms. The standard InChI is InChI=1S/C13H14N2O4S2/c1-14-10(18)12-5-7-3-2-4-8(17)9(7)15(12)11(19)13(14,6-16)21-20-12/h2-4,8-9,16-17H,5-6H2,1H3/t8-,9-,12+,13?/m0/s1. The van der Waals surface area contributed by atoms with Gasteiger partial charge in [-0.25, -0.2) is 0 Å². The third-order valence-corrected chi connectivity index (χ3v) is 8.33. The lowest BCUT2D eigenvalue weighted by Crippen LogP contribution is -2.77. The molecule has 8 heteroatoms. The van der Waals surface area contributed by atoms with Gasteiger partial charge < -0.3 is 20.0 Å². The Morgan fingerprint density at radius 1 is 1.38 bits per heavy atom. The molecule has 4 aliphatic heterocycles. The first-order valence-electron chi connectivity index (χ1n) is 6.63. The minimum absolute atomic E-state index is 0.178. The van der Waals surface area contributed by atoms with Gasteiger partial charge in [0.05, 0.1) is 18.8 Å². The van der Waals surface area contributed by atoms with Crippen LogP contribution in [0.5, 0.6) is 0 Å². The quantitative estimate of drug-likeness (QED) is 0.644. The van der Waals surface area contributed by atoms with Crippen LogP contribution in [-0.2, 0) is 9.59 Å². The number of hydrogen-bond acceptors (Lipinski definition) is 6. The van der Waals surface area contributed by atoms with E-state index in [1.807, 2.05) is 6.08 Å². The molecule has 4 heterocycles. The molecule has 1 spiro atoms. The first-order chi connectivity index (χ1) is 9.98. The van der Waals surface area contributed by atoms with E-state index in [9.17, 15) is 19.8 Å². The molecule has 0 saturated carbocycles. The molecule has 5 rings (SSSR count). The summed E-state index contributed by atoms with van der Waals surface area (Å²) in [5.74, 6) is -0.471. The highest BCUT2D eigenvalue weighted by molar-refractivity contribution is 8.78. The zero-order valence-corrected chi connectivity index (χ0v) is 12.9. The van der Waals surface area contributed by atoms with Crippen LogP contribution in [0, 0.1) is 0 Å². The molecule has 1 unspecified atom stereocenters. The van der Waals surface area contributed by atoms with E-state index < -0.39 is 28.5 Å². The second-order valence-electron chi connectivity index (χ2n) is 5.67. The SMILES string of the molecule is CN1C(=O)[C@]23CC4=CC=C[C@H](O)[C@H]4N2C(=O)C1(CO)SS3. The van der Waals surface area contributed by atoms with E-state index in [-0.39, 0.29) is 11.8 Å². The topological polar surface area (TPSA) is 81.1 Å². The maximum absolute atomic E-state index is 12.9. The summed E-state index contributed by atoms with van der Waals surface area (Å²) in [6, 6.07) is -0.500. The van der Waals surface area contributed by atoms with E-state index in [4.69, 9.17) is 0 Å². The minimum Gasteiger partial charge on any atom is -0.392 e. The Kier molecular flexibility index (Phi) is 2.65. The van der Waals surface area contributed by atoms with Gasteiger partial charge in [0, 0.05) is 13.5 Å². The van der Waals surface area contributed by atoms with Gasteiger partial charge in [-0.15, -0.1) is 0 Å². The van der Waals surface area contributed by atoms with Crippen LogP contribution in [0.2, 0.25) is 0 Å². The number of likely N-dealkylation sites (N-methyl/N-ethyl adjacent to an activating group) is 1. The molecule has 4 fully saturated rings. The van der Waals surface area contributed by atoms with Crippen molar-refractivity contribution in [2.75, 3.05) is 13.7 Å². The van der Waals surface area contributed by atoms with Crippen LogP contribution in [0.1, 0.15) is 6.42 Å². The van der Waals surface area contributed by atoms with E-state index in [1.54, 1.807) is 19.2 Å². The number of aliphatic hydroxyl groups is 2. The van der Waals surface area contributed by atoms with Gasteiger partial charge in [-0.1, -0.05) is 29.0 Å². The predicted octanol–water partition coefficient (Wildman–Crippen LogP) is -0.304. The summed E-state index contributed by atoms with van der Waals surface area (Å²) in [4.78, 5) is 26.4. The van der Waals surface area contributed by atoms with Gasteiger partial charge >= 0.3 is 0 Å². The van der Waals surface area contributed by atoms with E-state index >= 15 is 0 Å². The largest absolute Gasteiger partial charge is 0.392 e. The Balaban J connectivity index is 1.90. The monoisotopic (exact) mass is 326 g/mol. The maximum Gasteiger partial charge on any atom is 0.264 e. The second-order valence-corrected chi connectivity index (χ2v) is 8.36. The third kappa shape index (κ3) is 1.35. The van der Waals surface area contributed by atoms with Crippen LogP contribution in [0.3, 0.4) is 0 Å². The van der Waals surface area contributed by atoms with Crippen molar-refractivity contribution in [1.29, 1.82) is 0 Å². The smallest absolute Gasteiger partial charge is 0.264 e. The average molecular weight is 326 g/mol. The Morgan fingerprint density at radius 3 is 2.86 bits per heavy atom. The number of carbonyl (C=O) groups excluding carboxylic acids is 2. The number of hydrogen-bond donors (Lipinski definition) is 2. The van der Waals surface area contributed by atoms with Crippen molar-refractivity contribution in [2.45, 2.75) is 28.3 Å². The molecule has 1 aliphatic carbocycles. The van der Waals surface area contributed by atoms with E-state index in [0.717, 1.165) is 5.57 Å². The van der Waals surface area contributed by atoms with E-state index in [1.165, 1.54) is 31.4 Å². The molecule has 4 saturated heterocycles. The first kappa shape index (κ1) is 13.7. The Bertz CT molecular complexity index is 621. The van der Waals surface area contributed by atoms with Crippen molar-refractivity contribution in [2.24, 2.45) is 0 Å². The lowest BCUT2D eigenvalue weighted by Gasteiger charge is -2.58. The first-order valence-corrected chi connectivity index (χ1v) is 8.78. The number of fused-ring (bicyclic) bond motifs is 3. The number of piperazine rings is 1. The fourth-order valence-electron chi connectivity index (χ4n) is 3.55. The molecule has 2 N–H and O–H groups in total. The summed E-state index contributed by atoms with van der Waals surface area (Å²) >= 11 is 0. The van der Waals surface area contributed by atoms with Crippen LogP contribution < -0.4 is 0 Å². The fraction of sp³-hybridized carbons (Fsp3) is 0.538. The lowest BCUT2D eigenvalue weighted by atomic mass is 9.97. The summed E-state index contributed by atoms with van der Waals surface area (Å²) in [5, 5.41) is 20.0. The van der Waals surface area contributed by atoms with Gasteiger partial charge in [-0.2, -0.15) is 0 Å². The number of amides is 2. The predicted molar refractivity (Wildman–Crippen MR) is 79.0 cm³/mol. The maximum atomic E-state index is 12.9. The summed E-state index contributed by atoms with van der Waals surface area (Å²) in [6.07, 6.45) is 4.87. The van der Waals surface area contributed by atoms with Crippen LogP contribution >= 0.6 is 21.6 Å². The van der Waals surface area contributed by atoms with Crippen molar-refractivity contribution in [3.05, 3.63) is 23.8 Å². The second kappa shape index (κ2) is 4.07. The van der Waals surface area contributed by atoms with Crippen molar-refractivity contribution >= 4 is 33.4 Å². The molecule has 112 valence electrons. The molecule has 0 radical (unpaired) electrons. The van der Waals surface area contributed by atoms with Crippen LogP contribution in [-0.4, -0.2) is 67.4 Å².